The Morgan fingerprint density at radius 3 is 2.50 bits per heavy atom. The number of benzene rings is 2. The second-order valence-electron chi connectivity index (χ2n) is 4.91. The van der Waals surface area contributed by atoms with E-state index < -0.39 is 20.8 Å². The van der Waals surface area contributed by atoms with Crippen molar-refractivity contribution < 1.29 is 22.5 Å². The van der Waals surface area contributed by atoms with Crippen LogP contribution in [0.25, 0.3) is 0 Å². The lowest BCUT2D eigenvalue weighted by atomic mass is 10.2. The number of nitro benzene ring substituents is 1. The second kappa shape index (κ2) is 7.37. The Hall–Kier alpha value is -2.52. The summed E-state index contributed by atoms with van der Waals surface area (Å²) in [5, 5.41) is 10.8. The smallest absolute Gasteiger partial charge is 0.270 e. The molecular formula is C15H15FN2O5S. The van der Waals surface area contributed by atoms with Crippen LogP contribution in [0.3, 0.4) is 0 Å². The minimum Gasteiger partial charge on any atom is -0.492 e. The van der Waals surface area contributed by atoms with Crippen molar-refractivity contribution in [3.8, 4) is 5.75 Å². The van der Waals surface area contributed by atoms with Gasteiger partial charge in [0.1, 0.15) is 18.2 Å². The highest BCUT2D eigenvalue weighted by Gasteiger charge is 2.20. The number of nitrogens with zero attached hydrogens (tertiary/aromatic N) is 1. The molecule has 0 aliphatic heterocycles. The molecule has 7 nitrogen and oxygen atoms in total. The van der Waals surface area contributed by atoms with E-state index >= 15 is 0 Å². The van der Waals surface area contributed by atoms with Crippen LogP contribution >= 0.6 is 0 Å². The van der Waals surface area contributed by atoms with E-state index in [0.717, 1.165) is 6.07 Å². The topological polar surface area (TPSA) is 98.5 Å². The van der Waals surface area contributed by atoms with Gasteiger partial charge in [0.05, 0.1) is 9.82 Å². The van der Waals surface area contributed by atoms with Crippen LogP contribution in [0.1, 0.15) is 5.56 Å². The number of ether oxygens (including phenoxy) is 1. The van der Waals surface area contributed by atoms with Gasteiger partial charge in [0.2, 0.25) is 10.0 Å². The Balaban J connectivity index is 2.00. The van der Waals surface area contributed by atoms with Gasteiger partial charge in [-0.3, -0.25) is 10.1 Å². The number of non-ortho nitro benzene ring substituents is 1. The Morgan fingerprint density at radius 2 is 1.88 bits per heavy atom. The molecule has 0 atom stereocenters. The number of rotatable bonds is 7. The van der Waals surface area contributed by atoms with E-state index in [1.807, 2.05) is 0 Å². The van der Waals surface area contributed by atoms with Crippen molar-refractivity contribution in [1.82, 2.24) is 4.72 Å². The number of nitrogens with one attached hydrogen (secondary N) is 1. The summed E-state index contributed by atoms with van der Waals surface area (Å²) in [4.78, 5) is 9.97. The molecule has 1 N–H and O–H groups in total. The van der Waals surface area contributed by atoms with Gasteiger partial charge in [0, 0.05) is 18.7 Å². The fourth-order valence-electron chi connectivity index (χ4n) is 1.95. The molecule has 2 aromatic carbocycles. The third kappa shape index (κ3) is 4.49. The van der Waals surface area contributed by atoms with Crippen molar-refractivity contribution in [1.29, 1.82) is 0 Å². The summed E-state index contributed by atoms with van der Waals surface area (Å²) in [5.74, 6) is 0.00586. The molecule has 2 rings (SSSR count). The minimum absolute atomic E-state index is 0.0266. The largest absolute Gasteiger partial charge is 0.492 e. The predicted molar refractivity (Wildman–Crippen MR) is 84.9 cm³/mol. The number of hydrogen-bond acceptors (Lipinski definition) is 5. The van der Waals surface area contributed by atoms with E-state index in [1.54, 1.807) is 6.92 Å². The molecule has 0 aliphatic carbocycles. The van der Waals surface area contributed by atoms with E-state index in [1.165, 1.54) is 36.4 Å². The second-order valence-corrected chi connectivity index (χ2v) is 6.64. The van der Waals surface area contributed by atoms with Gasteiger partial charge in [0.15, 0.2) is 0 Å². The maximum absolute atomic E-state index is 12.8. The standard InChI is InChI=1S/C15H15FN2O5S/c1-11-2-5-13(18(19)20)10-15(11)24(21,22)17-8-9-23-14-6-3-12(16)4-7-14/h2-7,10,17H,8-9H2,1H3. The zero-order valence-corrected chi connectivity index (χ0v) is 13.5. The van der Waals surface area contributed by atoms with Gasteiger partial charge < -0.3 is 4.74 Å². The molecule has 0 radical (unpaired) electrons. The van der Waals surface area contributed by atoms with Crippen molar-refractivity contribution in [2.45, 2.75) is 11.8 Å². The molecule has 9 heteroatoms. The molecule has 0 bridgehead atoms. The molecule has 0 saturated carbocycles. The van der Waals surface area contributed by atoms with Crippen molar-refractivity contribution in [3.63, 3.8) is 0 Å². The summed E-state index contributed by atoms with van der Waals surface area (Å²) in [5.41, 5.74) is 0.0936. The van der Waals surface area contributed by atoms with Crippen molar-refractivity contribution in [3.05, 3.63) is 64.0 Å². The lowest BCUT2D eigenvalue weighted by molar-refractivity contribution is -0.385. The Labute approximate surface area is 138 Å². The van der Waals surface area contributed by atoms with Crippen LogP contribution < -0.4 is 9.46 Å². The molecule has 24 heavy (non-hydrogen) atoms. The monoisotopic (exact) mass is 354 g/mol. The Bertz CT molecular complexity index is 837. The molecule has 0 fully saturated rings. The summed E-state index contributed by atoms with van der Waals surface area (Å²) < 4.78 is 44.8. The third-order valence-electron chi connectivity index (χ3n) is 3.15. The number of nitro groups is 1. The highest BCUT2D eigenvalue weighted by atomic mass is 32.2. The lowest BCUT2D eigenvalue weighted by Crippen LogP contribution is -2.28. The minimum atomic E-state index is -3.90. The van der Waals surface area contributed by atoms with Gasteiger partial charge in [-0.25, -0.2) is 17.5 Å². The molecule has 0 saturated heterocycles. The normalized spacial score (nSPS) is 11.2. The van der Waals surface area contributed by atoms with Crippen LogP contribution in [-0.4, -0.2) is 26.5 Å². The molecule has 0 heterocycles. The number of hydrogen-bond donors (Lipinski definition) is 1. The lowest BCUT2D eigenvalue weighted by Gasteiger charge is -2.10. The Kier molecular flexibility index (Phi) is 5.47. The summed E-state index contributed by atoms with van der Waals surface area (Å²) in [6, 6.07) is 8.94. The van der Waals surface area contributed by atoms with Crippen LogP contribution in [0.4, 0.5) is 10.1 Å². The summed E-state index contributed by atoms with van der Waals surface area (Å²) in [7, 11) is -3.90. The number of aryl methyl sites for hydroxylation is 1. The first-order valence-corrected chi connectivity index (χ1v) is 8.41. The maximum Gasteiger partial charge on any atom is 0.270 e. The summed E-state index contributed by atoms with van der Waals surface area (Å²) >= 11 is 0. The van der Waals surface area contributed by atoms with Gasteiger partial charge in [-0.2, -0.15) is 0 Å². The van der Waals surface area contributed by atoms with Crippen LogP contribution in [0, 0.1) is 22.9 Å². The molecule has 0 spiro atoms. The third-order valence-corrected chi connectivity index (χ3v) is 4.75. The van der Waals surface area contributed by atoms with E-state index in [4.69, 9.17) is 4.74 Å². The van der Waals surface area contributed by atoms with Gasteiger partial charge in [0.25, 0.3) is 5.69 Å². The fraction of sp³-hybridized carbons (Fsp3) is 0.200. The van der Waals surface area contributed by atoms with Crippen molar-refractivity contribution >= 4 is 15.7 Å². The van der Waals surface area contributed by atoms with Gasteiger partial charge >= 0.3 is 0 Å². The van der Waals surface area contributed by atoms with E-state index in [9.17, 15) is 22.9 Å². The van der Waals surface area contributed by atoms with Crippen LogP contribution in [0.5, 0.6) is 5.75 Å². The molecule has 2 aromatic rings. The van der Waals surface area contributed by atoms with Crippen LogP contribution in [-0.2, 0) is 10.0 Å². The first-order valence-electron chi connectivity index (χ1n) is 6.93. The number of halogens is 1. The number of sulfonamides is 1. The molecule has 0 aliphatic rings. The molecule has 128 valence electrons. The highest BCUT2D eigenvalue weighted by Crippen LogP contribution is 2.21. The summed E-state index contributed by atoms with van der Waals surface area (Å²) in [6.07, 6.45) is 0. The Morgan fingerprint density at radius 1 is 1.21 bits per heavy atom. The van der Waals surface area contributed by atoms with Crippen LogP contribution in [0.2, 0.25) is 0 Å². The zero-order valence-electron chi connectivity index (χ0n) is 12.7. The molecule has 0 amide bonds. The summed E-state index contributed by atoms with van der Waals surface area (Å²) in [6.45, 7) is 1.54. The maximum atomic E-state index is 12.8. The predicted octanol–water partition coefficient (Wildman–Crippen LogP) is 2.40. The van der Waals surface area contributed by atoms with Gasteiger partial charge in [-0.15, -0.1) is 0 Å². The quantitative estimate of drug-likeness (QED) is 0.468. The SMILES string of the molecule is Cc1ccc([N+](=O)[O-])cc1S(=O)(=O)NCCOc1ccc(F)cc1. The van der Waals surface area contributed by atoms with Gasteiger partial charge in [-0.05, 0) is 36.8 Å². The first kappa shape index (κ1) is 17.8. The van der Waals surface area contributed by atoms with E-state index in [-0.39, 0.29) is 23.7 Å². The van der Waals surface area contributed by atoms with Crippen molar-refractivity contribution in [2.24, 2.45) is 0 Å². The fourth-order valence-corrected chi connectivity index (χ4v) is 3.22. The van der Waals surface area contributed by atoms with Gasteiger partial charge in [-0.1, -0.05) is 6.07 Å². The van der Waals surface area contributed by atoms with Crippen molar-refractivity contribution in [2.75, 3.05) is 13.2 Å². The van der Waals surface area contributed by atoms with E-state index in [2.05, 4.69) is 4.72 Å². The van der Waals surface area contributed by atoms with Crippen LogP contribution in [0.15, 0.2) is 47.4 Å². The molecule has 0 aromatic heterocycles. The van der Waals surface area contributed by atoms with E-state index in [0.29, 0.717) is 11.3 Å². The average Bonchev–Trinajstić information content (AvgIpc) is 2.53. The molecular weight excluding hydrogens is 339 g/mol. The highest BCUT2D eigenvalue weighted by molar-refractivity contribution is 7.89. The first-order chi connectivity index (χ1) is 11.3. The molecule has 0 unspecified atom stereocenters. The zero-order chi connectivity index (χ0) is 17.7. The average molecular weight is 354 g/mol.